The van der Waals surface area contributed by atoms with E-state index in [0.717, 1.165) is 5.56 Å². The summed E-state index contributed by atoms with van der Waals surface area (Å²) in [5, 5.41) is 12.4. The SMILES string of the molecule is N#CCc1cnc2cc(N)nn2c1. The molecule has 5 nitrogen and oxygen atoms in total. The molecule has 0 spiro atoms. The highest BCUT2D eigenvalue weighted by Gasteiger charge is 1.99. The summed E-state index contributed by atoms with van der Waals surface area (Å²) in [6, 6.07) is 3.72. The van der Waals surface area contributed by atoms with Gasteiger partial charge in [-0.2, -0.15) is 5.26 Å². The van der Waals surface area contributed by atoms with Crippen LogP contribution in [0.4, 0.5) is 5.82 Å². The van der Waals surface area contributed by atoms with Gasteiger partial charge in [-0.25, -0.2) is 9.50 Å². The number of nitrogens with two attached hydrogens (primary N) is 1. The number of nitrogen functional groups attached to an aromatic ring is 1. The lowest BCUT2D eigenvalue weighted by atomic mass is 10.3. The van der Waals surface area contributed by atoms with Crippen LogP contribution in [0, 0.1) is 11.3 Å². The second-order valence-corrected chi connectivity index (χ2v) is 2.67. The van der Waals surface area contributed by atoms with E-state index in [9.17, 15) is 0 Å². The Hall–Kier alpha value is -2.09. The van der Waals surface area contributed by atoms with Gasteiger partial charge in [-0.05, 0) is 0 Å². The molecule has 0 aliphatic rings. The van der Waals surface area contributed by atoms with Crippen molar-refractivity contribution in [2.24, 2.45) is 0 Å². The van der Waals surface area contributed by atoms with Gasteiger partial charge in [-0.15, -0.1) is 5.10 Å². The summed E-state index contributed by atoms with van der Waals surface area (Å²) in [5.74, 6) is 0.432. The largest absolute Gasteiger partial charge is 0.382 e. The number of hydrogen-bond donors (Lipinski definition) is 1. The number of hydrogen-bond acceptors (Lipinski definition) is 4. The average Bonchev–Trinajstić information content (AvgIpc) is 2.44. The van der Waals surface area contributed by atoms with Gasteiger partial charge in [0.1, 0.15) is 5.82 Å². The highest BCUT2D eigenvalue weighted by molar-refractivity contribution is 5.47. The van der Waals surface area contributed by atoms with Gasteiger partial charge in [0.25, 0.3) is 0 Å². The molecule has 0 atom stereocenters. The normalized spacial score (nSPS) is 10.1. The number of nitriles is 1. The van der Waals surface area contributed by atoms with Crippen LogP contribution >= 0.6 is 0 Å². The van der Waals surface area contributed by atoms with Crippen LogP contribution in [0.25, 0.3) is 5.65 Å². The van der Waals surface area contributed by atoms with Crippen molar-refractivity contribution in [1.29, 1.82) is 5.26 Å². The van der Waals surface area contributed by atoms with Crippen LogP contribution < -0.4 is 5.73 Å². The lowest BCUT2D eigenvalue weighted by molar-refractivity contribution is 0.925. The van der Waals surface area contributed by atoms with Crippen molar-refractivity contribution in [3.05, 3.63) is 24.0 Å². The van der Waals surface area contributed by atoms with E-state index < -0.39 is 0 Å². The Bertz CT molecular complexity index is 479. The third-order valence-electron chi connectivity index (χ3n) is 1.67. The lowest BCUT2D eigenvalue weighted by Crippen LogP contribution is -1.94. The molecule has 13 heavy (non-hydrogen) atoms. The molecular weight excluding hydrogens is 166 g/mol. The van der Waals surface area contributed by atoms with Gasteiger partial charge in [-0.1, -0.05) is 0 Å². The fourth-order valence-corrected chi connectivity index (χ4v) is 1.12. The first-order valence-corrected chi connectivity index (χ1v) is 3.76. The smallest absolute Gasteiger partial charge is 0.157 e. The standard InChI is InChI=1S/C8H7N5/c9-2-1-6-4-11-8-3-7(10)12-13(8)5-6/h3-5H,1H2,(H2,10,12). The van der Waals surface area contributed by atoms with Crippen LogP contribution in [0.3, 0.4) is 0 Å². The predicted molar refractivity (Wildman–Crippen MR) is 46.7 cm³/mol. The Balaban J connectivity index is 2.56. The maximum Gasteiger partial charge on any atom is 0.157 e. The molecule has 0 amide bonds. The zero-order valence-electron chi connectivity index (χ0n) is 6.81. The van der Waals surface area contributed by atoms with Crippen LogP contribution in [0.15, 0.2) is 18.5 Å². The third kappa shape index (κ3) is 1.29. The maximum absolute atomic E-state index is 8.46. The molecule has 2 aromatic rings. The fraction of sp³-hybridized carbons (Fsp3) is 0.125. The van der Waals surface area contributed by atoms with E-state index in [1.807, 2.05) is 6.07 Å². The molecule has 0 aliphatic carbocycles. The minimum Gasteiger partial charge on any atom is -0.382 e. The molecule has 0 aromatic carbocycles. The molecule has 0 aliphatic heterocycles. The monoisotopic (exact) mass is 173 g/mol. The molecule has 2 N–H and O–H groups in total. The summed E-state index contributed by atoms with van der Waals surface area (Å²) in [6.07, 6.45) is 3.74. The number of rotatable bonds is 1. The fourth-order valence-electron chi connectivity index (χ4n) is 1.12. The molecule has 0 saturated carbocycles. The Labute approximate surface area is 74.4 Å². The number of nitrogens with zero attached hydrogens (tertiary/aromatic N) is 4. The minimum atomic E-state index is 0.336. The van der Waals surface area contributed by atoms with Crippen LogP contribution in [0.1, 0.15) is 5.56 Å². The number of fused-ring (bicyclic) bond motifs is 1. The number of aromatic nitrogens is 3. The van der Waals surface area contributed by atoms with Crippen LogP contribution in [-0.4, -0.2) is 14.6 Å². The van der Waals surface area contributed by atoms with E-state index in [1.54, 1.807) is 23.0 Å². The Kier molecular flexibility index (Phi) is 1.60. The molecule has 5 heteroatoms. The van der Waals surface area contributed by atoms with E-state index >= 15 is 0 Å². The zero-order chi connectivity index (χ0) is 9.26. The van der Waals surface area contributed by atoms with Gasteiger partial charge < -0.3 is 5.73 Å². The van der Waals surface area contributed by atoms with Crippen LogP contribution in [-0.2, 0) is 6.42 Å². The van der Waals surface area contributed by atoms with Crippen LogP contribution in [0.5, 0.6) is 0 Å². The second-order valence-electron chi connectivity index (χ2n) is 2.67. The van der Waals surface area contributed by atoms with Crippen molar-refractivity contribution >= 4 is 11.5 Å². The third-order valence-corrected chi connectivity index (χ3v) is 1.67. The van der Waals surface area contributed by atoms with E-state index in [2.05, 4.69) is 10.1 Å². The molecule has 0 bridgehead atoms. The van der Waals surface area contributed by atoms with Gasteiger partial charge in [0.2, 0.25) is 0 Å². The van der Waals surface area contributed by atoms with Crippen molar-refractivity contribution < 1.29 is 0 Å². The van der Waals surface area contributed by atoms with Crippen molar-refractivity contribution in [3.8, 4) is 6.07 Å². The topological polar surface area (TPSA) is 80.0 Å². The Morgan fingerprint density at radius 2 is 2.46 bits per heavy atom. The van der Waals surface area contributed by atoms with Crippen molar-refractivity contribution in [2.75, 3.05) is 5.73 Å². The Morgan fingerprint density at radius 1 is 1.62 bits per heavy atom. The van der Waals surface area contributed by atoms with Gasteiger partial charge >= 0.3 is 0 Å². The summed E-state index contributed by atoms with van der Waals surface area (Å²) in [7, 11) is 0. The Morgan fingerprint density at radius 3 is 3.23 bits per heavy atom. The molecule has 64 valence electrons. The summed E-state index contributed by atoms with van der Waals surface area (Å²) in [4.78, 5) is 4.09. The van der Waals surface area contributed by atoms with E-state index in [-0.39, 0.29) is 0 Å². The molecule has 0 unspecified atom stereocenters. The van der Waals surface area contributed by atoms with Crippen LogP contribution in [0.2, 0.25) is 0 Å². The molecule has 0 saturated heterocycles. The first-order valence-electron chi connectivity index (χ1n) is 3.76. The van der Waals surface area contributed by atoms with Crippen molar-refractivity contribution in [2.45, 2.75) is 6.42 Å². The maximum atomic E-state index is 8.46. The zero-order valence-corrected chi connectivity index (χ0v) is 6.81. The highest BCUT2D eigenvalue weighted by atomic mass is 15.3. The van der Waals surface area contributed by atoms with Gasteiger partial charge in [-0.3, -0.25) is 0 Å². The molecule has 2 rings (SSSR count). The summed E-state index contributed by atoms with van der Waals surface area (Å²) >= 11 is 0. The molecule has 0 fully saturated rings. The van der Waals surface area contributed by atoms with E-state index in [4.69, 9.17) is 11.0 Å². The average molecular weight is 173 g/mol. The predicted octanol–water partition coefficient (Wildman–Crippen LogP) is 0.378. The molecular formula is C8H7N5. The highest BCUT2D eigenvalue weighted by Crippen LogP contribution is 2.06. The van der Waals surface area contributed by atoms with E-state index in [0.29, 0.717) is 17.9 Å². The number of anilines is 1. The molecule has 0 radical (unpaired) electrons. The summed E-state index contributed by atoms with van der Waals surface area (Å²) in [6.45, 7) is 0. The first-order chi connectivity index (χ1) is 6.29. The van der Waals surface area contributed by atoms with Crippen molar-refractivity contribution in [3.63, 3.8) is 0 Å². The summed E-state index contributed by atoms with van der Waals surface area (Å²) in [5.41, 5.74) is 7.00. The minimum absolute atomic E-state index is 0.336. The van der Waals surface area contributed by atoms with E-state index in [1.165, 1.54) is 0 Å². The lowest BCUT2D eigenvalue weighted by Gasteiger charge is -1.94. The second kappa shape index (κ2) is 2.75. The molecule has 2 aromatic heterocycles. The summed E-state index contributed by atoms with van der Waals surface area (Å²) < 4.78 is 1.57. The van der Waals surface area contributed by atoms with Gasteiger partial charge in [0.15, 0.2) is 5.65 Å². The molecule has 2 heterocycles. The first kappa shape index (κ1) is 7.55. The van der Waals surface area contributed by atoms with Gasteiger partial charge in [0.05, 0.1) is 12.5 Å². The quantitative estimate of drug-likeness (QED) is 0.675. The van der Waals surface area contributed by atoms with Gasteiger partial charge in [0, 0.05) is 24.0 Å². The van der Waals surface area contributed by atoms with Crippen molar-refractivity contribution in [1.82, 2.24) is 14.6 Å².